The Balaban J connectivity index is 1.75. The zero-order valence-electron chi connectivity index (χ0n) is 16.2. The van der Waals surface area contributed by atoms with Gasteiger partial charge in [0, 0.05) is 24.2 Å². The second kappa shape index (κ2) is 8.85. The highest BCUT2D eigenvalue weighted by atomic mass is 16.7. The van der Waals surface area contributed by atoms with Crippen molar-refractivity contribution in [2.75, 3.05) is 18.1 Å². The van der Waals surface area contributed by atoms with Gasteiger partial charge >= 0.3 is 6.09 Å². The zero-order chi connectivity index (χ0) is 20.0. The number of hydroxylamine groups is 1. The second-order valence-electron chi connectivity index (χ2n) is 7.49. The number of nitrogens with zero attached hydrogens (tertiary/aromatic N) is 1. The number of amides is 3. The smallest absolute Gasteiger partial charge is 0.407 e. The third kappa shape index (κ3) is 6.56. The molecule has 1 aliphatic rings. The number of nitrogens with one attached hydrogen (secondary N) is 2. The van der Waals surface area contributed by atoms with Gasteiger partial charge in [-0.15, -0.1) is 0 Å². The minimum atomic E-state index is -0.579. The fourth-order valence-electron chi connectivity index (χ4n) is 2.56. The van der Waals surface area contributed by atoms with Gasteiger partial charge in [0.15, 0.2) is 0 Å². The minimum absolute atomic E-state index is 0.0886. The Labute approximate surface area is 159 Å². The van der Waals surface area contributed by atoms with Gasteiger partial charge in [0.1, 0.15) is 5.60 Å². The van der Waals surface area contributed by atoms with Crippen LogP contribution in [0.15, 0.2) is 24.3 Å². The van der Waals surface area contributed by atoms with E-state index in [1.165, 1.54) is 0 Å². The molecule has 1 aromatic carbocycles. The first-order chi connectivity index (χ1) is 12.7. The molecule has 8 heteroatoms. The van der Waals surface area contributed by atoms with Crippen LogP contribution in [0.5, 0.6) is 0 Å². The molecule has 0 radical (unpaired) electrons. The van der Waals surface area contributed by atoms with Crippen LogP contribution in [0, 0.1) is 0 Å². The van der Waals surface area contributed by atoms with Crippen molar-refractivity contribution in [2.24, 2.45) is 0 Å². The maximum Gasteiger partial charge on any atom is 0.407 e. The molecule has 1 heterocycles. The molecule has 27 heavy (non-hydrogen) atoms. The van der Waals surface area contributed by atoms with Crippen molar-refractivity contribution >= 4 is 23.6 Å². The van der Waals surface area contributed by atoms with Crippen LogP contribution in [-0.4, -0.2) is 42.7 Å². The van der Waals surface area contributed by atoms with Gasteiger partial charge in [-0.05, 0) is 58.4 Å². The molecular weight excluding hydrogens is 350 g/mol. The molecule has 0 saturated carbocycles. The van der Waals surface area contributed by atoms with Crippen molar-refractivity contribution < 1.29 is 24.0 Å². The number of anilines is 1. The van der Waals surface area contributed by atoms with Gasteiger partial charge in [0.05, 0.1) is 12.6 Å². The topological polar surface area (TPSA) is 97.0 Å². The molecule has 1 fully saturated rings. The first-order valence-corrected chi connectivity index (χ1v) is 8.98. The van der Waals surface area contributed by atoms with Gasteiger partial charge in [-0.25, -0.2) is 10.3 Å². The number of carbonyl (C=O) groups excluding carboxylic acids is 3. The van der Waals surface area contributed by atoms with Gasteiger partial charge in [0.2, 0.25) is 5.91 Å². The lowest BCUT2D eigenvalue weighted by atomic mass is 10.2. The summed E-state index contributed by atoms with van der Waals surface area (Å²) in [5.41, 5.74) is 2.96. The second-order valence-corrected chi connectivity index (χ2v) is 7.49. The molecule has 1 saturated heterocycles. The van der Waals surface area contributed by atoms with Crippen molar-refractivity contribution in [1.29, 1.82) is 0 Å². The van der Waals surface area contributed by atoms with Crippen molar-refractivity contribution in [3.63, 3.8) is 0 Å². The lowest BCUT2D eigenvalue weighted by Crippen LogP contribution is -2.41. The maximum absolute atomic E-state index is 12.1. The van der Waals surface area contributed by atoms with E-state index in [9.17, 15) is 14.4 Å². The number of rotatable bonds is 6. The molecule has 0 aromatic heterocycles. The van der Waals surface area contributed by atoms with Gasteiger partial charge in [-0.2, -0.15) is 0 Å². The standard InChI is InChI=1S/C19H27N3O5/c1-13(20-18(25)27-19(2,3)4)12-26-21-17(24)14-7-9-15(10-8-14)22-11-5-6-16(22)23/h7-10,13H,5-6,11-12H2,1-4H3,(H,20,25)(H,21,24). The van der Waals surface area contributed by atoms with E-state index in [-0.39, 0.29) is 18.6 Å². The van der Waals surface area contributed by atoms with Crippen LogP contribution in [-0.2, 0) is 14.4 Å². The summed E-state index contributed by atoms with van der Waals surface area (Å²) >= 11 is 0. The average Bonchev–Trinajstić information content (AvgIpc) is 2.99. The number of hydrogen-bond acceptors (Lipinski definition) is 5. The molecule has 0 aliphatic carbocycles. The van der Waals surface area contributed by atoms with E-state index in [1.54, 1.807) is 56.9 Å². The zero-order valence-corrected chi connectivity index (χ0v) is 16.2. The number of benzene rings is 1. The van der Waals surface area contributed by atoms with Gasteiger partial charge in [0.25, 0.3) is 5.91 Å². The Morgan fingerprint density at radius 2 is 1.89 bits per heavy atom. The Kier molecular flexibility index (Phi) is 6.79. The van der Waals surface area contributed by atoms with Crippen LogP contribution in [0.2, 0.25) is 0 Å². The molecule has 1 aromatic rings. The predicted molar refractivity (Wildman–Crippen MR) is 100 cm³/mol. The maximum atomic E-state index is 12.1. The van der Waals surface area contributed by atoms with Crippen molar-refractivity contribution in [3.05, 3.63) is 29.8 Å². The molecule has 2 N–H and O–H groups in total. The molecule has 1 atom stereocenters. The summed E-state index contributed by atoms with van der Waals surface area (Å²) in [5, 5.41) is 2.62. The Morgan fingerprint density at radius 1 is 1.22 bits per heavy atom. The molecule has 1 unspecified atom stereocenters. The summed E-state index contributed by atoms with van der Waals surface area (Å²) in [5.74, 6) is -0.305. The molecular formula is C19H27N3O5. The average molecular weight is 377 g/mol. The van der Waals surface area contributed by atoms with Crippen molar-refractivity contribution in [1.82, 2.24) is 10.8 Å². The Hall–Kier alpha value is -2.61. The monoisotopic (exact) mass is 377 g/mol. The van der Waals surface area contributed by atoms with Crippen LogP contribution in [0.4, 0.5) is 10.5 Å². The fourth-order valence-corrected chi connectivity index (χ4v) is 2.56. The highest BCUT2D eigenvalue weighted by molar-refractivity contribution is 5.97. The van der Waals surface area contributed by atoms with E-state index in [0.717, 1.165) is 12.1 Å². The summed E-state index contributed by atoms with van der Waals surface area (Å²) in [4.78, 5) is 42.4. The fraction of sp³-hybridized carbons (Fsp3) is 0.526. The first-order valence-electron chi connectivity index (χ1n) is 8.98. The Bertz CT molecular complexity index is 682. The normalized spacial score (nSPS) is 15.4. The number of ether oxygens (including phenoxy) is 1. The van der Waals surface area contributed by atoms with E-state index in [1.807, 2.05) is 0 Å². The lowest BCUT2D eigenvalue weighted by Gasteiger charge is -2.21. The lowest BCUT2D eigenvalue weighted by molar-refractivity contribution is -0.117. The molecule has 8 nitrogen and oxygen atoms in total. The van der Waals surface area contributed by atoms with Crippen LogP contribution in [0.25, 0.3) is 0 Å². The van der Waals surface area contributed by atoms with Crippen LogP contribution >= 0.6 is 0 Å². The number of alkyl carbamates (subject to hydrolysis) is 1. The van der Waals surface area contributed by atoms with E-state index >= 15 is 0 Å². The molecule has 148 valence electrons. The molecule has 2 rings (SSSR count). The van der Waals surface area contributed by atoms with E-state index < -0.39 is 17.6 Å². The van der Waals surface area contributed by atoms with Crippen molar-refractivity contribution in [3.8, 4) is 0 Å². The number of carbonyl (C=O) groups is 3. The quantitative estimate of drug-likeness (QED) is 0.742. The largest absolute Gasteiger partial charge is 0.444 e. The molecule has 1 aliphatic heterocycles. The van der Waals surface area contributed by atoms with E-state index in [2.05, 4.69) is 10.8 Å². The van der Waals surface area contributed by atoms with Crippen LogP contribution in [0.3, 0.4) is 0 Å². The summed E-state index contributed by atoms with van der Waals surface area (Å²) in [6, 6.07) is 6.42. The number of hydrogen-bond donors (Lipinski definition) is 2. The third-order valence-corrected chi connectivity index (χ3v) is 3.78. The van der Waals surface area contributed by atoms with Gasteiger partial charge < -0.3 is 15.0 Å². The SMILES string of the molecule is CC(CONC(=O)c1ccc(N2CCCC2=O)cc1)NC(=O)OC(C)(C)C. The highest BCUT2D eigenvalue weighted by Gasteiger charge is 2.22. The summed E-state index contributed by atoms with van der Waals surface area (Å²) in [6.07, 6.45) is 0.868. The minimum Gasteiger partial charge on any atom is -0.444 e. The van der Waals surface area contributed by atoms with Crippen LogP contribution in [0.1, 0.15) is 50.9 Å². The molecule has 0 spiro atoms. The summed E-state index contributed by atoms with van der Waals surface area (Å²) < 4.78 is 5.15. The highest BCUT2D eigenvalue weighted by Crippen LogP contribution is 2.21. The summed E-state index contributed by atoms with van der Waals surface area (Å²) in [7, 11) is 0. The molecule has 0 bridgehead atoms. The van der Waals surface area contributed by atoms with Crippen molar-refractivity contribution in [2.45, 2.75) is 52.2 Å². The molecule has 3 amide bonds. The Morgan fingerprint density at radius 3 is 2.44 bits per heavy atom. The van der Waals surface area contributed by atoms with Gasteiger partial charge in [-0.1, -0.05) is 0 Å². The predicted octanol–water partition coefficient (Wildman–Crippen LogP) is 2.39. The van der Waals surface area contributed by atoms with E-state index in [0.29, 0.717) is 18.5 Å². The van der Waals surface area contributed by atoms with Crippen LogP contribution < -0.4 is 15.7 Å². The first kappa shape index (κ1) is 20.7. The third-order valence-electron chi connectivity index (χ3n) is 3.78. The summed E-state index contributed by atoms with van der Waals surface area (Å²) in [6.45, 7) is 7.86. The van der Waals surface area contributed by atoms with E-state index in [4.69, 9.17) is 9.57 Å². The van der Waals surface area contributed by atoms with Gasteiger partial charge in [-0.3, -0.25) is 14.4 Å².